The summed E-state index contributed by atoms with van der Waals surface area (Å²) in [6.45, 7) is 6.17. The fourth-order valence-corrected chi connectivity index (χ4v) is 3.30. The molecular weight excluding hydrogens is 282 g/mol. The molecule has 1 fully saturated rings. The van der Waals surface area contributed by atoms with Crippen LogP contribution in [0, 0.1) is 0 Å². The van der Waals surface area contributed by atoms with E-state index in [2.05, 4.69) is 5.32 Å². The largest absolute Gasteiger partial charge is 0.364 e. The zero-order valence-corrected chi connectivity index (χ0v) is 13.0. The number of rotatable bonds is 2. The second-order valence-corrected chi connectivity index (χ2v) is 6.14. The fourth-order valence-electron chi connectivity index (χ4n) is 3.30. The highest BCUT2D eigenvalue weighted by atomic mass is 16.5. The van der Waals surface area contributed by atoms with Crippen LogP contribution in [-0.2, 0) is 14.3 Å². The Labute approximate surface area is 130 Å². The van der Waals surface area contributed by atoms with Crippen molar-refractivity contribution in [2.75, 3.05) is 36.4 Å². The van der Waals surface area contributed by atoms with Gasteiger partial charge in [0.05, 0.1) is 11.4 Å². The first-order valence-corrected chi connectivity index (χ1v) is 7.71. The van der Waals surface area contributed by atoms with E-state index in [1.165, 1.54) is 4.90 Å². The molecule has 1 saturated heterocycles. The average molecular weight is 304 g/mol. The van der Waals surface area contributed by atoms with E-state index in [1.54, 1.807) is 4.90 Å². The summed E-state index contributed by atoms with van der Waals surface area (Å²) in [6.07, 6.45) is 0.312. The lowest BCUT2D eigenvalue weighted by atomic mass is 10.2. The summed E-state index contributed by atoms with van der Waals surface area (Å²) in [7, 11) is 0. The smallest absolute Gasteiger partial charge is 0.282 e. The average Bonchev–Trinajstić information content (AvgIpc) is 2.45. The molecule has 0 aromatic heterocycles. The van der Waals surface area contributed by atoms with Gasteiger partial charge in [-0.2, -0.15) is 0 Å². The van der Waals surface area contributed by atoms with Gasteiger partial charge < -0.3 is 15.0 Å². The maximum absolute atomic E-state index is 12.7. The highest BCUT2D eigenvalue weighted by molar-refractivity contribution is 6.10. The number of benzene rings is 1. The second kappa shape index (κ2) is 6.06. The normalized spacial score (nSPS) is 28.0. The first-order valence-electron chi connectivity index (χ1n) is 7.71. The van der Waals surface area contributed by atoms with Crippen molar-refractivity contribution in [2.24, 2.45) is 0 Å². The van der Waals surface area contributed by atoms with E-state index in [1.807, 2.05) is 38.1 Å². The van der Waals surface area contributed by atoms with Gasteiger partial charge in [-0.25, -0.2) is 0 Å². The molecule has 118 valence electrons. The minimum atomic E-state index is -0.147. The summed E-state index contributed by atoms with van der Waals surface area (Å²) in [6, 6.07) is 7.41. The minimum Gasteiger partial charge on any atom is -0.364 e. The number of hydrogen-bond acceptors (Lipinski definition) is 3. The van der Waals surface area contributed by atoms with Crippen molar-refractivity contribution in [1.82, 2.24) is 0 Å². The second-order valence-electron chi connectivity index (χ2n) is 6.14. The molecule has 3 rings (SSSR count). The lowest BCUT2D eigenvalue weighted by Gasteiger charge is -2.34. The van der Waals surface area contributed by atoms with Crippen LogP contribution in [0.3, 0.4) is 0 Å². The van der Waals surface area contributed by atoms with Gasteiger partial charge in [-0.3, -0.25) is 14.5 Å². The van der Waals surface area contributed by atoms with E-state index in [0.29, 0.717) is 12.2 Å². The number of morpholine rings is 1. The lowest BCUT2D eigenvalue weighted by molar-refractivity contribution is -0.907. The molecule has 0 radical (unpaired) electrons. The zero-order chi connectivity index (χ0) is 15.7. The van der Waals surface area contributed by atoms with E-state index in [-0.39, 0.29) is 30.6 Å². The van der Waals surface area contributed by atoms with Crippen molar-refractivity contribution < 1.29 is 19.2 Å². The maximum Gasteiger partial charge on any atom is 0.282 e. The van der Waals surface area contributed by atoms with E-state index in [4.69, 9.17) is 4.74 Å². The molecule has 2 aliphatic heterocycles. The van der Waals surface area contributed by atoms with Crippen molar-refractivity contribution >= 4 is 23.2 Å². The first-order chi connectivity index (χ1) is 10.5. The van der Waals surface area contributed by atoms with Crippen LogP contribution < -0.4 is 15.1 Å². The number of para-hydroxylation sites is 2. The van der Waals surface area contributed by atoms with Crippen LogP contribution in [0.15, 0.2) is 24.3 Å². The molecule has 0 saturated carbocycles. The van der Waals surface area contributed by atoms with Crippen molar-refractivity contribution in [3.05, 3.63) is 24.3 Å². The molecule has 2 aliphatic rings. The molecule has 1 aromatic rings. The van der Waals surface area contributed by atoms with E-state index in [9.17, 15) is 9.59 Å². The van der Waals surface area contributed by atoms with Gasteiger partial charge in [0.1, 0.15) is 31.8 Å². The first kappa shape index (κ1) is 15.0. The number of quaternary nitrogens is 1. The molecular formula is C16H22N3O3+. The lowest BCUT2D eigenvalue weighted by Crippen LogP contribution is -3.16. The number of ether oxygens (including phenoxy) is 1. The third-order valence-corrected chi connectivity index (χ3v) is 4.09. The molecule has 2 N–H and O–H groups in total. The molecule has 2 amide bonds. The van der Waals surface area contributed by atoms with Gasteiger partial charge in [0.15, 0.2) is 6.54 Å². The van der Waals surface area contributed by atoms with Crippen LogP contribution in [0.5, 0.6) is 0 Å². The van der Waals surface area contributed by atoms with Crippen molar-refractivity contribution in [1.29, 1.82) is 0 Å². The van der Waals surface area contributed by atoms with Gasteiger partial charge in [0.2, 0.25) is 5.91 Å². The standard InChI is InChI=1S/C16H21N3O3/c1-11-7-18(8-12(2)22-11)10-16(21)19-9-15(20)17-13-5-3-4-6-14(13)19/h3-6,11-12H,7-10H2,1-2H3,(H,17,20)/p+1/t11-,12-/m1/s1. The third-order valence-electron chi connectivity index (χ3n) is 4.09. The fraction of sp³-hybridized carbons (Fsp3) is 0.500. The van der Waals surface area contributed by atoms with Crippen LogP contribution in [0.2, 0.25) is 0 Å². The molecule has 0 spiro atoms. The number of fused-ring (bicyclic) bond motifs is 1. The molecule has 6 heteroatoms. The molecule has 22 heavy (non-hydrogen) atoms. The van der Waals surface area contributed by atoms with Gasteiger partial charge >= 0.3 is 0 Å². The Morgan fingerprint density at radius 2 is 2.00 bits per heavy atom. The van der Waals surface area contributed by atoms with Crippen LogP contribution in [0.1, 0.15) is 13.8 Å². The van der Waals surface area contributed by atoms with Crippen LogP contribution in [0.4, 0.5) is 11.4 Å². The number of amides is 2. The van der Waals surface area contributed by atoms with Gasteiger partial charge in [0, 0.05) is 0 Å². The Morgan fingerprint density at radius 1 is 1.32 bits per heavy atom. The van der Waals surface area contributed by atoms with E-state index in [0.717, 1.165) is 18.8 Å². The summed E-state index contributed by atoms with van der Waals surface area (Å²) in [4.78, 5) is 27.3. The predicted octanol–water partition coefficient (Wildman–Crippen LogP) is -0.336. The molecule has 2 atom stereocenters. The predicted molar refractivity (Wildman–Crippen MR) is 83.0 cm³/mol. The highest BCUT2D eigenvalue weighted by Gasteiger charge is 2.32. The molecule has 2 heterocycles. The summed E-state index contributed by atoms with van der Waals surface area (Å²) in [5.41, 5.74) is 1.48. The Hall–Kier alpha value is -1.92. The molecule has 0 bridgehead atoms. The Bertz CT molecular complexity index is 580. The van der Waals surface area contributed by atoms with Crippen LogP contribution in [0.25, 0.3) is 0 Å². The molecule has 1 aromatic carbocycles. The minimum absolute atomic E-state index is 0.0152. The number of hydrogen-bond donors (Lipinski definition) is 2. The quantitative estimate of drug-likeness (QED) is 0.786. The number of anilines is 2. The number of carbonyl (C=O) groups is 2. The monoisotopic (exact) mass is 304 g/mol. The van der Waals surface area contributed by atoms with E-state index >= 15 is 0 Å². The van der Waals surface area contributed by atoms with Gasteiger partial charge in [0.25, 0.3) is 5.91 Å². The molecule has 0 unspecified atom stereocenters. The molecule has 0 aliphatic carbocycles. The van der Waals surface area contributed by atoms with Crippen LogP contribution >= 0.6 is 0 Å². The van der Waals surface area contributed by atoms with Crippen molar-refractivity contribution in [3.8, 4) is 0 Å². The molecule has 6 nitrogen and oxygen atoms in total. The Kier molecular flexibility index (Phi) is 4.13. The van der Waals surface area contributed by atoms with E-state index < -0.39 is 0 Å². The summed E-state index contributed by atoms with van der Waals surface area (Å²) >= 11 is 0. The maximum atomic E-state index is 12.7. The van der Waals surface area contributed by atoms with Gasteiger partial charge in [-0.15, -0.1) is 0 Å². The number of carbonyl (C=O) groups excluding carboxylic acids is 2. The van der Waals surface area contributed by atoms with Crippen LogP contribution in [-0.4, -0.2) is 50.2 Å². The van der Waals surface area contributed by atoms with Crippen molar-refractivity contribution in [3.63, 3.8) is 0 Å². The summed E-state index contributed by atoms with van der Waals surface area (Å²) in [5, 5.41) is 2.80. The SMILES string of the molecule is C[C@@H]1C[NH+](CC(=O)N2CC(=O)Nc3ccccc32)C[C@@H](C)O1. The summed E-state index contributed by atoms with van der Waals surface area (Å²) in [5.74, 6) is -0.163. The zero-order valence-electron chi connectivity index (χ0n) is 13.0. The number of nitrogens with zero attached hydrogens (tertiary/aromatic N) is 1. The van der Waals surface area contributed by atoms with Crippen molar-refractivity contribution in [2.45, 2.75) is 26.1 Å². The number of nitrogens with one attached hydrogen (secondary N) is 2. The van der Waals surface area contributed by atoms with Gasteiger partial charge in [-0.1, -0.05) is 12.1 Å². The Balaban J connectivity index is 1.74. The Morgan fingerprint density at radius 3 is 2.73 bits per heavy atom. The van der Waals surface area contributed by atoms with Gasteiger partial charge in [-0.05, 0) is 26.0 Å². The third kappa shape index (κ3) is 3.13. The summed E-state index contributed by atoms with van der Waals surface area (Å²) < 4.78 is 5.71. The highest BCUT2D eigenvalue weighted by Crippen LogP contribution is 2.28. The topological polar surface area (TPSA) is 63.1 Å².